The average Bonchev–Trinajstić information content (AvgIpc) is 2.99. The molecule has 0 saturated heterocycles. The molecule has 1 aromatic heterocycles. The molecule has 0 amide bonds. The first kappa shape index (κ1) is 24.3. The molecule has 0 N–H and O–H groups in total. The molecule has 0 bridgehead atoms. The highest BCUT2D eigenvalue weighted by atomic mass is 35.5. The summed E-state index contributed by atoms with van der Waals surface area (Å²) in [5, 5.41) is 3.54. The molecule has 0 aliphatic rings. The summed E-state index contributed by atoms with van der Waals surface area (Å²) >= 11 is 17.7. The van der Waals surface area contributed by atoms with E-state index in [2.05, 4.69) is 5.10 Å². The number of alkyl halides is 6. The van der Waals surface area contributed by atoms with Crippen LogP contribution in [0.25, 0.3) is 0 Å². The molecular weight excluding hydrogens is 509 g/mol. The number of hydrogen-bond donors (Lipinski definition) is 0. The highest BCUT2D eigenvalue weighted by molar-refractivity contribution is 6.43. The first-order valence-corrected chi connectivity index (χ1v) is 9.66. The number of halogens is 9. The van der Waals surface area contributed by atoms with E-state index in [-0.39, 0.29) is 26.6 Å². The molecule has 32 heavy (non-hydrogen) atoms. The van der Waals surface area contributed by atoms with Gasteiger partial charge in [-0.2, -0.15) is 31.4 Å². The minimum atomic E-state index is -4.90. The van der Waals surface area contributed by atoms with Crippen LogP contribution in [-0.4, -0.2) is 9.78 Å². The maximum absolute atomic E-state index is 13.5. The van der Waals surface area contributed by atoms with Crippen molar-refractivity contribution in [2.24, 2.45) is 7.05 Å². The van der Waals surface area contributed by atoms with Gasteiger partial charge in [0.15, 0.2) is 5.69 Å². The minimum absolute atomic E-state index is 0.0165. The molecule has 0 fully saturated rings. The molecule has 0 atom stereocenters. The van der Waals surface area contributed by atoms with Crippen LogP contribution in [0, 0.1) is 0 Å². The molecular formula is C19H11Cl3F6N2O2. The molecule has 172 valence electrons. The fraction of sp³-hybridized carbons (Fsp3) is 0.211. The van der Waals surface area contributed by atoms with Gasteiger partial charge in [-0.25, -0.2) is 4.68 Å². The lowest BCUT2D eigenvalue weighted by Gasteiger charge is -2.14. The second-order valence-electron chi connectivity index (χ2n) is 6.37. The Morgan fingerprint density at radius 2 is 1.56 bits per heavy atom. The summed E-state index contributed by atoms with van der Waals surface area (Å²) in [4.78, 5) is 0. The number of aromatic nitrogens is 2. The van der Waals surface area contributed by atoms with Crippen LogP contribution in [0.2, 0.25) is 15.1 Å². The predicted octanol–water partition coefficient (Wildman–Crippen LogP) is 7.79. The first-order valence-electron chi connectivity index (χ1n) is 8.53. The van der Waals surface area contributed by atoms with Gasteiger partial charge in [0.25, 0.3) is 0 Å². The van der Waals surface area contributed by atoms with Crippen LogP contribution in [0.4, 0.5) is 26.3 Å². The molecule has 3 aromatic rings. The summed E-state index contributed by atoms with van der Waals surface area (Å²) < 4.78 is 90.9. The smallest absolute Gasteiger partial charge is 0.435 e. The Morgan fingerprint density at radius 1 is 0.906 bits per heavy atom. The predicted molar refractivity (Wildman–Crippen MR) is 106 cm³/mol. The summed E-state index contributed by atoms with van der Waals surface area (Å²) in [5.74, 6) is -0.874. The van der Waals surface area contributed by atoms with E-state index in [4.69, 9.17) is 44.3 Å². The van der Waals surface area contributed by atoms with Crippen molar-refractivity contribution in [3.05, 3.63) is 68.3 Å². The lowest BCUT2D eigenvalue weighted by Crippen LogP contribution is -2.11. The van der Waals surface area contributed by atoms with Crippen molar-refractivity contribution in [1.82, 2.24) is 9.78 Å². The fourth-order valence-electron chi connectivity index (χ4n) is 2.65. The van der Waals surface area contributed by atoms with Crippen molar-refractivity contribution in [2.75, 3.05) is 0 Å². The number of hydrogen-bond acceptors (Lipinski definition) is 3. The Morgan fingerprint density at radius 3 is 2.19 bits per heavy atom. The van der Waals surface area contributed by atoms with Gasteiger partial charge in [0.2, 0.25) is 5.88 Å². The van der Waals surface area contributed by atoms with Gasteiger partial charge in [-0.1, -0.05) is 40.9 Å². The van der Waals surface area contributed by atoms with E-state index in [0.717, 1.165) is 29.9 Å². The second-order valence-corrected chi connectivity index (χ2v) is 7.59. The van der Waals surface area contributed by atoms with Crippen molar-refractivity contribution in [3.8, 4) is 17.4 Å². The Balaban J connectivity index is 1.99. The highest BCUT2D eigenvalue weighted by Gasteiger charge is 2.40. The van der Waals surface area contributed by atoms with Gasteiger partial charge in [0.05, 0.1) is 26.2 Å². The Bertz CT molecular complexity index is 1150. The average molecular weight is 520 g/mol. The van der Waals surface area contributed by atoms with Gasteiger partial charge in [0.1, 0.15) is 18.1 Å². The van der Waals surface area contributed by atoms with E-state index >= 15 is 0 Å². The van der Waals surface area contributed by atoms with Crippen molar-refractivity contribution >= 4 is 34.8 Å². The van der Waals surface area contributed by atoms with Crippen LogP contribution < -0.4 is 9.47 Å². The van der Waals surface area contributed by atoms with Crippen LogP contribution in [0.3, 0.4) is 0 Å². The standard InChI is InChI=1S/C19H11Cl3F6N2O2/c1-30-17(32-10-4-2-3-9(5-10)18(23,24)25)11(16(29-30)19(26,27)28)8-31-15-7-13(21)12(20)6-14(15)22/h2-7H,8H2,1H3. The molecule has 2 aromatic carbocycles. The van der Waals surface area contributed by atoms with Crippen LogP contribution in [-0.2, 0) is 26.0 Å². The zero-order valence-corrected chi connectivity index (χ0v) is 18.1. The van der Waals surface area contributed by atoms with Gasteiger partial charge in [-0.15, -0.1) is 0 Å². The third-order valence-electron chi connectivity index (χ3n) is 4.08. The van der Waals surface area contributed by atoms with Crippen molar-refractivity contribution < 1.29 is 35.8 Å². The van der Waals surface area contributed by atoms with Crippen molar-refractivity contribution in [3.63, 3.8) is 0 Å². The first-order chi connectivity index (χ1) is 14.8. The van der Waals surface area contributed by atoms with E-state index in [9.17, 15) is 26.3 Å². The molecule has 0 saturated carbocycles. The number of aryl methyl sites for hydroxylation is 1. The fourth-order valence-corrected chi connectivity index (χ4v) is 3.24. The van der Waals surface area contributed by atoms with E-state index in [1.54, 1.807) is 0 Å². The van der Waals surface area contributed by atoms with Gasteiger partial charge >= 0.3 is 12.4 Å². The van der Waals surface area contributed by atoms with Crippen molar-refractivity contribution in [1.29, 1.82) is 0 Å². The summed E-state index contributed by atoms with van der Waals surface area (Å²) in [6.07, 6.45) is -9.56. The topological polar surface area (TPSA) is 36.3 Å². The van der Waals surface area contributed by atoms with Gasteiger partial charge in [-0.05, 0) is 24.3 Å². The quantitative estimate of drug-likeness (QED) is 0.255. The van der Waals surface area contributed by atoms with Crippen LogP contribution in [0.15, 0.2) is 36.4 Å². The summed E-state index contributed by atoms with van der Waals surface area (Å²) in [6, 6.07) is 6.13. The highest BCUT2D eigenvalue weighted by Crippen LogP contribution is 2.40. The molecule has 0 radical (unpaired) electrons. The maximum Gasteiger partial charge on any atom is 0.435 e. The second kappa shape index (κ2) is 8.92. The monoisotopic (exact) mass is 518 g/mol. The minimum Gasteiger partial charge on any atom is -0.487 e. The molecule has 3 rings (SSSR count). The Kier molecular flexibility index (Phi) is 6.78. The molecule has 0 spiro atoms. The maximum atomic E-state index is 13.5. The Labute approximate surface area is 192 Å². The summed E-state index contributed by atoms with van der Waals surface area (Å²) in [5.41, 5.74) is -2.92. The molecule has 13 heteroatoms. The normalized spacial score (nSPS) is 12.2. The number of ether oxygens (including phenoxy) is 2. The third-order valence-corrected chi connectivity index (χ3v) is 5.10. The summed E-state index contributed by atoms with van der Waals surface area (Å²) in [7, 11) is 1.15. The zero-order chi connectivity index (χ0) is 23.8. The van der Waals surface area contributed by atoms with E-state index < -0.39 is 41.7 Å². The van der Waals surface area contributed by atoms with Gasteiger partial charge in [0, 0.05) is 13.1 Å². The largest absolute Gasteiger partial charge is 0.487 e. The molecule has 4 nitrogen and oxygen atoms in total. The number of benzene rings is 2. The lowest BCUT2D eigenvalue weighted by molar-refractivity contribution is -0.142. The van der Waals surface area contributed by atoms with Crippen LogP contribution in [0.5, 0.6) is 17.4 Å². The SMILES string of the molecule is Cn1nc(C(F)(F)F)c(COc2cc(Cl)c(Cl)cc2Cl)c1Oc1cccc(C(F)(F)F)c1. The van der Waals surface area contributed by atoms with E-state index in [1.165, 1.54) is 12.1 Å². The van der Waals surface area contributed by atoms with Crippen molar-refractivity contribution in [2.45, 2.75) is 19.0 Å². The van der Waals surface area contributed by atoms with E-state index in [0.29, 0.717) is 6.07 Å². The summed E-state index contributed by atoms with van der Waals surface area (Å²) in [6.45, 7) is -0.728. The van der Waals surface area contributed by atoms with Crippen LogP contribution in [0.1, 0.15) is 16.8 Å². The van der Waals surface area contributed by atoms with Gasteiger partial charge in [-0.3, -0.25) is 0 Å². The molecule has 0 aliphatic carbocycles. The third kappa shape index (κ3) is 5.36. The zero-order valence-electron chi connectivity index (χ0n) is 15.8. The number of rotatable bonds is 5. The van der Waals surface area contributed by atoms with Crippen LogP contribution >= 0.6 is 34.8 Å². The lowest BCUT2D eigenvalue weighted by atomic mass is 10.2. The molecule has 0 unspecified atom stereocenters. The molecule has 1 heterocycles. The van der Waals surface area contributed by atoms with Gasteiger partial charge < -0.3 is 9.47 Å². The Hall–Kier alpha value is -2.30. The molecule has 0 aliphatic heterocycles. The van der Waals surface area contributed by atoms with E-state index in [1.807, 2.05) is 0 Å². The number of nitrogens with zero attached hydrogens (tertiary/aromatic N) is 2.